The van der Waals surface area contributed by atoms with Crippen LogP contribution in [0.2, 0.25) is 0 Å². The topological polar surface area (TPSA) is 69.6 Å². The number of amides is 2. The van der Waals surface area contributed by atoms with Gasteiger partial charge in [0, 0.05) is 11.4 Å². The molecule has 20 heavy (non-hydrogen) atoms. The van der Waals surface area contributed by atoms with Gasteiger partial charge in [0.25, 0.3) is 0 Å². The van der Waals surface area contributed by atoms with Crippen LogP contribution in [0, 0.1) is 5.41 Å². The lowest BCUT2D eigenvalue weighted by molar-refractivity contribution is -0.142. The molecule has 0 radical (unpaired) electrons. The van der Waals surface area contributed by atoms with E-state index in [-0.39, 0.29) is 6.03 Å². The highest BCUT2D eigenvalue weighted by Crippen LogP contribution is 2.20. The third-order valence-corrected chi connectivity index (χ3v) is 3.84. The van der Waals surface area contributed by atoms with Crippen molar-refractivity contribution in [1.82, 2.24) is 10.2 Å². The molecule has 1 aromatic heterocycles. The van der Waals surface area contributed by atoms with E-state index in [0.717, 1.165) is 4.88 Å². The minimum atomic E-state index is -1.02. The molecule has 0 aliphatic rings. The van der Waals surface area contributed by atoms with Gasteiger partial charge in [-0.3, -0.25) is 0 Å². The van der Waals surface area contributed by atoms with Crippen LogP contribution in [0.4, 0.5) is 4.79 Å². The molecular formula is C14H22N2O3S. The Balaban J connectivity index is 2.73. The van der Waals surface area contributed by atoms with Gasteiger partial charge in [-0.15, -0.1) is 11.3 Å². The number of carboxylic acids is 1. The molecule has 2 N–H and O–H groups in total. The van der Waals surface area contributed by atoms with E-state index in [1.54, 1.807) is 37.0 Å². The molecule has 1 atom stereocenters. The Bertz CT molecular complexity index is 451. The van der Waals surface area contributed by atoms with Gasteiger partial charge < -0.3 is 15.3 Å². The Labute approximate surface area is 123 Å². The van der Waals surface area contributed by atoms with Crippen LogP contribution in [0.5, 0.6) is 0 Å². The maximum atomic E-state index is 12.2. The number of urea groups is 1. The third kappa shape index (κ3) is 4.52. The molecule has 0 aliphatic heterocycles. The van der Waals surface area contributed by atoms with E-state index < -0.39 is 17.4 Å². The number of carboxylic acid groups (broad SMARTS) is 1. The number of thiophene rings is 1. The van der Waals surface area contributed by atoms with Crippen molar-refractivity contribution in [3.63, 3.8) is 0 Å². The second-order valence-corrected chi connectivity index (χ2v) is 6.71. The molecule has 6 heteroatoms. The Morgan fingerprint density at radius 3 is 2.50 bits per heavy atom. The summed E-state index contributed by atoms with van der Waals surface area (Å²) in [6, 6.07) is 2.63. The molecular weight excluding hydrogens is 276 g/mol. The van der Waals surface area contributed by atoms with Crippen LogP contribution in [0.3, 0.4) is 0 Å². The van der Waals surface area contributed by atoms with Crippen molar-refractivity contribution < 1.29 is 14.7 Å². The number of carbonyl (C=O) groups is 2. The molecule has 0 bridgehead atoms. The second-order valence-electron chi connectivity index (χ2n) is 5.68. The summed E-state index contributed by atoms with van der Waals surface area (Å²) < 4.78 is 0. The highest BCUT2D eigenvalue weighted by Gasteiger charge is 2.33. The predicted molar refractivity (Wildman–Crippen MR) is 79.8 cm³/mol. The first kappa shape index (κ1) is 16.5. The fourth-order valence-electron chi connectivity index (χ4n) is 1.78. The van der Waals surface area contributed by atoms with Gasteiger partial charge in [0.1, 0.15) is 6.04 Å². The molecule has 0 aliphatic carbocycles. The molecule has 0 aromatic carbocycles. The molecule has 0 saturated heterocycles. The molecule has 0 spiro atoms. The number of aliphatic carboxylic acids is 1. The van der Waals surface area contributed by atoms with Crippen molar-refractivity contribution >= 4 is 23.3 Å². The van der Waals surface area contributed by atoms with Gasteiger partial charge in [0.2, 0.25) is 0 Å². The minimum absolute atomic E-state index is 0.344. The first-order valence-electron chi connectivity index (χ1n) is 6.56. The number of carbonyl (C=O) groups excluding carboxylic acids is 1. The molecule has 0 saturated carbocycles. The van der Waals surface area contributed by atoms with E-state index in [1.165, 1.54) is 0 Å². The van der Waals surface area contributed by atoms with Crippen molar-refractivity contribution in [3.8, 4) is 0 Å². The maximum absolute atomic E-state index is 12.2. The molecule has 0 fully saturated rings. The zero-order valence-electron chi connectivity index (χ0n) is 12.3. The zero-order valence-corrected chi connectivity index (χ0v) is 13.2. The summed E-state index contributed by atoms with van der Waals surface area (Å²) in [4.78, 5) is 26.2. The van der Waals surface area contributed by atoms with Crippen molar-refractivity contribution in [2.24, 2.45) is 5.41 Å². The molecule has 1 rings (SSSR count). The highest BCUT2D eigenvalue weighted by atomic mass is 32.1. The lowest BCUT2D eigenvalue weighted by Crippen LogP contribution is -2.53. The molecule has 1 heterocycles. The Hall–Kier alpha value is -1.56. The van der Waals surface area contributed by atoms with Gasteiger partial charge in [0.05, 0.1) is 6.54 Å². The summed E-state index contributed by atoms with van der Waals surface area (Å²) in [6.45, 7) is 8.28. The minimum Gasteiger partial charge on any atom is -0.480 e. The van der Waals surface area contributed by atoms with Crippen LogP contribution in [-0.2, 0) is 11.3 Å². The number of nitrogens with zero attached hydrogens (tertiary/aromatic N) is 1. The van der Waals surface area contributed by atoms with E-state index in [4.69, 9.17) is 0 Å². The Morgan fingerprint density at radius 1 is 1.45 bits per heavy atom. The van der Waals surface area contributed by atoms with E-state index in [0.29, 0.717) is 13.1 Å². The summed E-state index contributed by atoms with van der Waals surface area (Å²) in [5.74, 6) is -1.02. The number of hydrogen-bond donors (Lipinski definition) is 2. The normalized spacial score (nSPS) is 12.8. The smallest absolute Gasteiger partial charge is 0.326 e. The molecule has 0 unspecified atom stereocenters. The van der Waals surface area contributed by atoms with Crippen LogP contribution >= 0.6 is 11.3 Å². The molecule has 1 aromatic rings. The summed E-state index contributed by atoms with van der Waals surface area (Å²) in [7, 11) is 0. The third-order valence-electron chi connectivity index (χ3n) is 2.98. The van der Waals surface area contributed by atoms with Gasteiger partial charge in [-0.1, -0.05) is 26.8 Å². The van der Waals surface area contributed by atoms with Gasteiger partial charge in [-0.2, -0.15) is 0 Å². The number of rotatable bonds is 5. The van der Waals surface area contributed by atoms with Gasteiger partial charge in [-0.25, -0.2) is 9.59 Å². The maximum Gasteiger partial charge on any atom is 0.326 e. The van der Waals surface area contributed by atoms with Crippen molar-refractivity contribution in [1.29, 1.82) is 0 Å². The van der Waals surface area contributed by atoms with Gasteiger partial charge in [-0.05, 0) is 23.8 Å². The average Bonchev–Trinajstić information content (AvgIpc) is 2.83. The SMILES string of the molecule is CCN(Cc1cccs1)C(=O)N[C@H](C(=O)O)C(C)(C)C. The van der Waals surface area contributed by atoms with E-state index >= 15 is 0 Å². The fourth-order valence-corrected chi connectivity index (χ4v) is 2.50. The van der Waals surface area contributed by atoms with E-state index in [9.17, 15) is 14.7 Å². The van der Waals surface area contributed by atoms with Crippen molar-refractivity contribution in [2.75, 3.05) is 6.54 Å². The quantitative estimate of drug-likeness (QED) is 0.878. The predicted octanol–water partition coefficient (Wildman–Crippen LogP) is 2.78. The largest absolute Gasteiger partial charge is 0.480 e. The van der Waals surface area contributed by atoms with Crippen LogP contribution in [0.1, 0.15) is 32.6 Å². The lowest BCUT2D eigenvalue weighted by atomic mass is 9.87. The van der Waals surface area contributed by atoms with Crippen molar-refractivity contribution in [3.05, 3.63) is 22.4 Å². The highest BCUT2D eigenvalue weighted by molar-refractivity contribution is 7.09. The molecule has 2 amide bonds. The number of nitrogens with one attached hydrogen (secondary N) is 1. The summed E-state index contributed by atoms with van der Waals surface area (Å²) in [5.41, 5.74) is -0.538. The van der Waals surface area contributed by atoms with Crippen LogP contribution in [-0.4, -0.2) is 34.6 Å². The van der Waals surface area contributed by atoms with Crippen LogP contribution in [0.15, 0.2) is 17.5 Å². The fraction of sp³-hybridized carbons (Fsp3) is 0.571. The first-order chi connectivity index (χ1) is 9.25. The number of hydrogen-bond acceptors (Lipinski definition) is 3. The zero-order chi connectivity index (χ0) is 15.3. The van der Waals surface area contributed by atoms with E-state index in [2.05, 4.69) is 5.32 Å². The van der Waals surface area contributed by atoms with Crippen LogP contribution < -0.4 is 5.32 Å². The Morgan fingerprint density at radius 2 is 2.10 bits per heavy atom. The van der Waals surface area contributed by atoms with Crippen LogP contribution in [0.25, 0.3) is 0 Å². The van der Waals surface area contributed by atoms with E-state index in [1.807, 2.05) is 24.4 Å². The summed E-state index contributed by atoms with van der Waals surface area (Å²) in [6.07, 6.45) is 0. The molecule has 5 nitrogen and oxygen atoms in total. The second kappa shape index (κ2) is 6.74. The standard InChI is InChI=1S/C14H22N2O3S/c1-5-16(9-10-7-6-8-20-10)13(19)15-11(12(17)18)14(2,3)4/h6-8,11H,5,9H2,1-4H3,(H,15,19)(H,17,18)/t11-/m1/s1. The molecule has 112 valence electrons. The summed E-state index contributed by atoms with van der Waals surface area (Å²) in [5, 5.41) is 13.8. The van der Waals surface area contributed by atoms with Gasteiger partial charge >= 0.3 is 12.0 Å². The lowest BCUT2D eigenvalue weighted by Gasteiger charge is -2.30. The monoisotopic (exact) mass is 298 g/mol. The Kier molecular flexibility index (Phi) is 5.56. The average molecular weight is 298 g/mol. The van der Waals surface area contributed by atoms with Gasteiger partial charge in [0.15, 0.2) is 0 Å². The summed E-state index contributed by atoms with van der Waals surface area (Å²) >= 11 is 1.58. The van der Waals surface area contributed by atoms with Crippen molar-refractivity contribution in [2.45, 2.75) is 40.3 Å². The first-order valence-corrected chi connectivity index (χ1v) is 7.44.